The summed E-state index contributed by atoms with van der Waals surface area (Å²) >= 11 is 5.83. The van der Waals surface area contributed by atoms with E-state index >= 15 is 0 Å². The van der Waals surface area contributed by atoms with Gasteiger partial charge in [-0.25, -0.2) is 23.4 Å². The largest absolute Gasteiger partial charge is 0.479 e. The van der Waals surface area contributed by atoms with Crippen LogP contribution in [-0.2, 0) is 25.5 Å². The zero-order chi connectivity index (χ0) is 24.6. The third-order valence-electron chi connectivity index (χ3n) is 5.37. The van der Waals surface area contributed by atoms with E-state index < -0.39 is 54.9 Å². The van der Waals surface area contributed by atoms with Crippen molar-refractivity contribution in [3.63, 3.8) is 0 Å². The molecule has 1 fully saturated rings. The molecule has 0 radical (unpaired) electrons. The summed E-state index contributed by atoms with van der Waals surface area (Å²) in [7, 11) is 0. The molecule has 3 atom stereocenters. The molecular weight excluding hydrogens is 480 g/mol. The van der Waals surface area contributed by atoms with Gasteiger partial charge in [-0.1, -0.05) is 12.1 Å². The number of carboxylic acids is 2. The van der Waals surface area contributed by atoms with Crippen molar-refractivity contribution >= 4 is 40.5 Å². The average Bonchev–Trinajstić information content (AvgIpc) is 3.33. The lowest BCUT2D eigenvalue weighted by Gasteiger charge is -2.27. The molecule has 11 nitrogen and oxygen atoms in total. The fourth-order valence-corrected chi connectivity index (χ4v) is 3.91. The number of hydrogen-bond donors (Lipinski definition) is 3. The van der Waals surface area contributed by atoms with Gasteiger partial charge >= 0.3 is 11.9 Å². The van der Waals surface area contributed by atoms with E-state index in [1.807, 2.05) is 0 Å². The summed E-state index contributed by atoms with van der Waals surface area (Å²) in [5.74, 6) is -4.26. The molecule has 2 aromatic heterocycles. The maximum atomic E-state index is 14.8. The van der Waals surface area contributed by atoms with Crippen LogP contribution in [0.5, 0.6) is 0 Å². The van der Waals surface area contributed by atoms with Crippen LogP contribution in [0, 0.1) is 5.82 Å². The highest BCUT2D eigenvalue weighted by molar-refractivity contribution is 6.28. The maximum absolute atomic E-state index is 14.8. The van der Waals surface area contributed by atoms with Crippen LogP contribution in [0.3, 0.4) is 0 Å². The van der Waals surface area contributed by atoms with Gasteiger partial charge in [0.05, 0.1) is 19.0 Å². The molecule has 3 heterocycles. The molecule has 1 aromatic carbocycles. The van der Waals surface area contributed by atoms with E-state index in [2.05, 4.69) is 15.0 Å². The van der Waals surface area contributed by atoms with Gasteiger partial charge in [0, 0.05) is 12.8 Å². The molecule has 34 heavy (non-hydrogen) atoms. The Hall–Kier alpha value is -3.42. The topological polar surface area (TPSA) is 163 Å². The number of carbonyl (C=O) groups is 2. The minimum atomic E-state index is -2.74. The normalized spacial score (nSPS) is 20.6. The Balaban J connectivity index is 1.53. The summed E-state index contributed by atoms with van der Waals surface area (Å²) in [6.07, 6.45) is -3.46. The fraction of sp³-hybridized carbons (Fsp3) is 0.350. The second kappa shape index (κ2) is 9.08. The van der Waals surface area contributed by atoms with E-state index in [9.17, 15) is 28.6 Å². The zero-order valence-electron chi connectivity index (χ0n) is 17.3. The Morgan fingerprint density at radius 3 is 2.74 bits per heavy atom. The van der Waals surface area contributed by atoms with Gasteiger partial charge < -0.3 is 25.4 Å². The number of aliphatic carboxylic acids is 2. The molecule has 4 rings (SSSR count). The monoisotopic (exact) mass is 497 g/mol. The van der Waals surface area contributed by atoms with Crippen LogP contribution in [0.2, 0.25) is 5.28 Å². The van der Waals surface area contributed by atoms with Crippen LogP contribution in [-0.4, -0.2) is 66.2 Å². The van der Waals surface area contributed by atoms with Crippen molar-refractivity contribution in [1.82, 2.24) is 19.5 Å². The number of nitrogens with two attached hydrogens (primary N) is 1. The Kier molecular flexibility index (Phi) is 6.34. The number of alkyl halides is 1. The molecule has 4 N–H and O–H groups in total. The van der Waals surface area contributed by atoms with Gasteiger partial charge in [-0.2, -0.15) is 9.97 Å². The Morgan fingerprint density at radius 2 is 2.06 bits per heavy atom. The van der Waals surface area contributed by atoms with Crippen molar-refractivity contribution in [1.29, 1.82) is 0 Å². The summed E-state index contributed by atoms with van der Waals surface area (Å²) < 4.78 is 40.6. The second-order valence-electron chi connectivity index (χ2n) is 7.66. The van der Waals surface area contributed by atoms with Gasteiger partial charge in [0.25, 0.3) is 5.60 Å². The quantitative estimate of drug-likeness (QED) is 0.310. The van der Waals surface area contributed by atoms with Crippen molar-refractivity contribution in [3.05, 3.63) is 47.3 Å². The average molecular weight is 498 g/mol. The molecule has 3 aromatic rings. The number of carboxylic acid groups (broad SMARTS) is 2. The van der Waals surface area contributed by atoms with Crippen molar-refractivity contribution in [2.24, 2.45) is 0 Å². The van der Waals surface area contributed by atoms with Gasteiger partial charge in [-0.05, 0) is 29.3 Å². The van der Waals surface area contributed by atoms with E-state index in [-0.39, 0.29) is 34.2 Å². The number of imidazole rings is 1. The number of nitrogen functional groups attached to an aromatic ring is 1. The van der Waals surface area contributed by atoms with Crippen molar-refractivity contribution in [2.75, 3.05) is 12.3 Å². The minimum Gasteiger partial charge on any atom is -0.479 e. The molecule has 0 spiro atoms. The smallest absolute Gasteiger partial charge is 0.348 e. The van der Waals surface area contributed by atoms with Crippen molar-refractivity contribution in [3.8, 4) is 0 Å². The molecule has 14 heteroatoms. The number of ether oxygens (including phenoxy) is 2. The predicted octanol–water partition coefficient (Wildman–Crippen LogP) is 1.99. The number of benzene rings is 1. The summed E-state index contributed by atoms with van der Waals surface area (Å²) in [6, 6.07) is 4.82. The first-order valence-electron chi connectivity index (χ1n) is 9.91. The van der Waals surface area contributed by atoms with E-state index in [0.29, 0.717) is 0 Å². The summed E-state index contributed by atoms with van der Waals surface area (Å²) in [5.41, 5.74) is 3.43. The second-order valence-corrected chi connectivity index (χ2v) is 8.00. The number of rotatable bonds is 8. The van der Waals surface area contributed by atoms with Gasteiger partial charge in [0.15, 0.2) is 17.7 Å². The number of anilines is 1. The minimum absolute atomic E-state index is 0.00733. The van der Waals surface area contributed by atoms with E-state index in [0.717, 1.165) is 12.1 Å². The maximum Gasteiger partial charge on any atom is 0.348 e. The van der Waals surface area contributed by atoms with E-state index in [1.54, 1.807) is 0 Å². The van der Waals surface area contributed by atoms with Gasteiger partial charge in [0.1, 0.15) is 17.5 Å². The number of fused-ring (bicyclic) bond motifs is 1. The highest BCUT2D eigenvalue weighted by atomic mass is 35.5. The molecule has 1 aliphatic heterocycles. The fourth-order valence-electron chi connectivity index (χ4n) is 3.74. The Morgan fingerprint density at radius 1 is 1.32 bits per heavy atom. The molecule has 0 amide bonds. The first kappa shape index (κ1) is 23.7. The highest BCUT2D eigenvalue weighted by Gasteiger charge is 2.50. The molecule has 3 unspecified atom stereocenters. The number of nitrogens with zero attached hydrogens (tertiary/aromatic N) is 4. The van der Waals surface area contributed by atoms with Crippen LogP contribution in [0.15, 0.2) is 30.6 Å². The summed E-state index contributed by atoms with van der Waals surface area (Å²) in [4.78, 5) is 35.6. The number of aromatic nitrogens is 4. The molecule has 0 saturated carbocycles. The van der Waals surface area contributed by atoms with E-state index in [4.69, 9.17) is 26.8 Å². The molecule has 0 aliphatic carbocycles. The first-order chi connectivity index (χ1) is 16.1. The van der Waals surface area contributed by atoms with Crippen LogP contribution in [0.25, 0.3) is 11.2 Å². The zero-order valence-corrected chi connectivity index (χ0v) is 18.0. The van der Waals surface area contributed by atoms with Crippen LogP contribution < -0.4 is 5.73 Å². The Bertz CT molecular complexity index is 1240. The molecule has 1 aliphatic rings. The summed E-state index contributed by atoms with van der Waals surface area (Å²) in [5, 5.41) is 19.1. The number of halogens is 3. The lowest BCUT2D eigenvalue weighted by molar-refractivity contribution is -0.188. The highest BCUT2D eigenvalue weighted by Crippen LogP contribution is 2.35. The predicted molar refractivity (Wildman–Crippen MR) is 112 cm³/mol. The Labute approximate surface area is 195 Å². The van der Waals surface area contributed by atoms with Gasteiger partial charge in [-0.3, -0.25) is 4.57 Å². The van der Waals surface area contributed by atoms with Crippen molar-refractivity contribution in [2.45, 2.75) is 36.9 Å². The lowest BCUT2D eigenvalue weighted by atomic mass is 9.94. The lowest BCUT2D eigenvalue weighted by Crippen LogP contribution is -2.52. The first-order valence-corrected chi connectivity index (χ1v) is 10.3. The third-order valence-corrected chi connectivity index (χ3v) is 5.54. The SMILES string of the molecule is Nc1nc(Cl)nc2c1ncn2C1OC(COC(Cc2cccc(F)c2)(C(=O)O)C(=O)O)CC1F. The molecule has 1 saturated heterocycles. The summed E-state index contributed by atoms with van der Waals surface area (Å²) in [6.45, 7) is -0.560. The van der Waals surface area contributed by atoms with Crippen molar-refractivity contribution < 1.29 is 38.1 Å². The molecule has 0 bridgehead atoms. The number of hydrogen-bond acceptors (Lipinski definition) is 8. The van der Waals surface area contributed by atoms with Gasteiger partial charge in [0.2, 0.25) is 5.28 Å². The molecular formula is C20H18ClF2N5O6. The van der Waals surface area contributed by atoms with Crippen LogP contribution >= 0.6 is 11.6 Å². The van der Waals surface area contributed by atoms with Gasteiger partial charge in [-0.15, -0.1) is 0 Å². The van der Waals surface area contributed by atoms with Crippen LogP contribution in [0.4, 0.5) is 14.6 Å². The standard InChI is InChI=1S/C20H18ClF2N5O6/c21-19-26-14(24)13-15(27-19)28(8-25-13)16-12(23)5-11(34-16)7-33-20(17(29)30,18(31)32)6-9-2-1-3-10(22)4-9/h1-4,8,11-12,16H,5-7H2,(H,29,30)(H,31,32)(H2,24,26,27). The third kappa shape index (κ3) is 4.36. The van der Waals surface area contributed by atoms with E-state index in [1.165, 1.54) is 23.0 Å². The van der Waals surface area contributed by atoms with Crippen LogP contribution in [0.1, 0.15) is 18.2 Å². The molecule has 180 valence electrons.